The van der Waals surface area contributed by atoms with Gasteiger partial charge in [0.15, 0.2) is 0 Å². The first kappa shape index (κ1) is 20.7. The highest BCUT2D eigenvalue weighted by molar-refractivity contribution is 5.74. The lowest BCUT2D eigenvalue weighted by Gasteiger charge is -2.41. The Morgan fingerprint density at radius 3 is 2.17 bits per heavy atom. The Hall–Kier alpha value is -1.59. The lowest BCUT2D eigenvalue weighted by atomic mass is 9.98. The number of ether oxygens (including phenoxy) is 2. The topological polar surface area (TPSA) is 42.0 Å². The Morgan fingerprint density at radius 2 is 1.62 bits per heavy atom. The molecule has 0 saturated carbocycles. The van der Waals surface area contributed by atoms with Gasteiger partial charge in [-0.2, -0.15) is 0 Å². The van der Waals surface area contributed by atoms with Gasteiger partial charge in [-0.05, 0) is 70.1 Å². The molecule has 3 saturated heterocycles. The van der Waals surface area contributed by atoms with Crippen molar-refractivity contribution in [2.24, 2.45) is 0 Å². The smallest absolute Gasteiger partial charge is 0.219 e. The van der Waals surface area contributed by atoms with Crippen LogP contribution < -0.4 is 4.74 Å². The fraction of sp³-hybridized carbons (Fsp3) is 0.708. The van der Waals surface area contributed by atoms with Crippen LogP contribution in [-0.2, 0) is 16.1 Å². The van der Waals surface area contributed by atoms with Gasteiger partial charge in [-0.25, -0.2) is 0 Å². The maximum Gasteiger partial charge on any atom is 0.219 e. The number of carbonyl (C=O) groups is 1. The van der Waals surface area contributed by atoms with Gasteiger partial charge in [0.2, 0.25) is 5.91 Å². The highest BCUT2D eigenvalue weighted by Crippen LogP contribution is 2.37. The van der Waals surface area contributed by atoms with Crippen molar-refractivity contribution in [3.05, 3.63) is 29.8 Å². The van der Waals surface area contributed by atoms with Crippen molar-refractivity contribution in [1.29, 1.82) is 0 Å². The number of amides is 1. The van der Waals surface area contributed by atoms with E-state index in [1.165, 1.54) is 5.56 Å². The van der Waals surface area contributed by atoms with Gasteiger partial charge in [-0.15, -0.1) is 0 Å². The van der Waals surface area contributed by atoms with Crippen LogP contribution in [0.1, 0.15) is 64.9 Å². The normalized spacial score (nSPS) is 28.1. The predicted molar refractivity (Wildman–Crippen MR) is 114 cm³/mol. The Morgan fingerprint density at radius 1 is 1.00 bits per heavy atom. The van der Waals surface area contributed by atoms with Gasteiger partial charge in [0, 0.05) is 38.6 Å². The zero-order valence-corrected chi connectivity index (χ0v) is 18.2. The molecule has 0 aliphatic carbocycles. The molecule has 3 heterocycles. The van der Waals surface area contributed by atoms with E-state index in [0.29, 0.717) is 24.3 Å². The van der Waals surface area contributed by atoms with Crippen LogP contribution in [-0.4, -0.2) is 59.2 Å². The molecule has 0 N–H and O–H groups in total. The van der Waals surface area contributed by atoms with Crippen LogP contribution in [0.3, 0.4) is 0 Å². The van der Waals surface area contributed by atoms with Gasteiger partial charge in [0.05, 0.1) is 18.3 Å². The maximum atomic E-state index is 11.9. The lowest BCUT2D eigenvalue weighted by Crippen LogP contribution is -2.49. The Balaban J connectivity index is 1.21. The summed E-state index contributed by atoms with van der Waals surface area (Å²) < 4.78 is 12.2. The molecular weight excluding hydrogens is 364 g/mol. The van der Waals surface area contributed by atoms with E-state index in [9.17, 15) is 4.79 Å². The summed E-state index contributed by atoms with van der Waals surface area (Å²) in [6.45, 7) is 9.00. The average molecular weight is 401 g/mol. The van der Waals surface area contributed by atoms with Crippen molar-refractivity contribution in [2.45, 2.75) is 96.2 Å². The Labute approximate surface area is 175 Å². The van der Waals surface area contributed by atoms with Crippen LogP contribution in [0.2, 0.25) is 0 Å². The highest BCUT2D eigenvalue weighted by atomic mass is 16.5. The number of fused-ring (bicyclic) bond motifs is 2. The summed E-state index contributed by atoms with van der Waals surface area (Å²) in [5.74, 6) is 1.19. The molecule has 4 rings (SSSR count). The molecule has 1 aromatic carbocycles. The molecule has 29 heavy (non-hydrogen) atoms. The third-order valence-corrected chi connectivity index (χ3v) is 6.67. The van der Waals surface area contributed by atoms with E-state index in [4.69, 9.17) is 9.47 Å². The molecule has 0 radical (unpaired) electrons. The summed E-state index contributed by atoms with van der Waals surface area (Å²) in [6, 6.07) is 9.34. The van der Waals surface area contributed by atoms with Crippen molar-refractivity contribution < 1.29 is 14.3 Å². The van der Waals surface area contributed by atoms with Gasteiger partial charge in [0.25, 0.3) is 0 Å². The minimum absolute atomic E-state index is 0.213. The predicted octanol–water partition coefficient (Wildman–Crippen LogP) is 4.00. The molecule has 160 valence electrons. The van der Waals surface area contributed by atoms with Crippen molar-refractivity contribution in [1.82, 2.24) is 9.80 Å². The number of hydrogen-bond donors (Lipinski definition) is 0. The quantitative estimate of drug-likeness (QED) is 0.724. The summed E-state index contributed by atoms with van der Waals surface area (Å²) in [7, 11) is 0. The van der Waals surface area contributed by atoms with Crippen molar-refractivity contribution >= 4 is 5.91 Å². The van der Waals surface area contributed by atoms with Crippen LogP contribution in [0.15, 0.2) is 24.3 Å². The minimum atomic E-state index is 0.213. The molecule has 0 spiro atoms. The van der Waals surface area contributed by atoms with Crippen molar-refractivity contribution in [3.63, 3.8) is 0 Å². The number of nitrogens with zero attached hydrogens (tertiary/aromatic N) is 2. The molecule has 3 fully saturated rings. The van der Waals surface area contributed by atoms with Gasteiger partial charge in [0.1, 0.15) is 5.75 Å². The van der Waals surface area contributed by atoms with Gasteiger partial charge in [-0.3, -0.25) is 9.69 Å². The number of benzene rings is 1. The summed E-state index contributed by atoms with van der Waals surface area (Å²) in [6.07, 6.45) is 7.52. The van der Waals surface area contributed by atoms with Crippen LogP contribution in [0.5, 0.6) is 5.75 Å². The van der Waals surface area contributed by atoms with Crippen LogP contribution in [0.4, 0.5) is 0 Å². The molecule has 3 aliphatic rings. The van der Waals surface area contributed by atoms with Gasteiger partial charge < -0.3 is 14.4 Å². The van der Waals surface area contributed by atoms with Crippen LogP contribution in [0.25, 0.3) is 0 Å². The van der Waals surface area contributed by atoms with E-state index in [-0.39, 0.29) is 12.0 Å². The zero-order valence-electron chi connectivity index (χ0n) is 18.2. The first-order valence-corrected chi connectivity index (χ1v) is 11.4. The molecule has 0 aromatic heterocycles. The van der Waals surface area contributed by atoms with E-state index < -0.39 is 0 Å². The van der Waals surface area contributed by atoms with Crippen molar-refractivity contribution in [3.8, 4) is 5.75 Å². The Bertz CT molecular complexity index is 668. The van der Waals surface area contributed by atoms with Crippen LogP contribution >= 0.6 is 0 Å². The molecular formula is C24H36N2O3. The number of piperidine rings is 2. The second kappa shape index (κ2) is 9.05. The van der Waals surface area contributed by atoms with E-state index in [2.05, 4.69) is 47.9 Å². The molecule has 1 unspecified atom stereocenters. The largest absolute Gasteiger partial charge is 0.491 e. The summed E-state index contributed by atoms with van der Waals surface area (Å²) in [5, 5.41) is 0. The SMILES string of the molecule is CC(=O)N1[C@@H]2CC[C@H]1CC(OC1CCN(Cc3ccc(OC(C)C)cc3)CC1)C2. The van der Waals surface area contributed by atoms with Gasteiger partial charge in [-0.1, -0.05) is 12.1 Å². The van der Waals surface area contributed by atoms with E-state index >= 15 is 0 Å². The first-order valence-electron chi connectivity index (χ1n) is 11.4. The molecule has 1 amide bonds. The summed E-state index contributed by atoms with van der Waals surface area (Å²) >= 11 is 0. The second-order valence-electron chi connectivity index (χ2n) is 9.33. The average Bonchev–Trinajstić information content (AvgIpc) is 2.96. The summed E-state index contributed by atoms with van der Waals surface area (Å²) in [4.78, 5) is 16.5. The monoisotopic (exact) mass is 400 g/mol. The standard InChI is InChI=1S/C24H36N2O3/c1-17(2)28-22-8-4-19(5-9-22)16-25-12-10-23(11-13-25)29-24-14-20-6-7-21(15-24)26(20)18(3)27/h4-5,8-9,17,20-21,23-24H,6-7,10-16H2,1-3H3/t20-,21+,24?. The maximum absolute atomic E-state index is 11.9. The second-order valence-corrected chi connectivity index (χ2v) is 9.33. The number of hydrogen-bond acceptors (Lipinski definition) is 4. The summed E-state index contributed by atoms with van der Waals surface area (Å²) in [5.41, 5.74) is 1.34. The first-order chi connectivity index (χ1) is 14.0. The molecule has 5 nitrogen and oxygen atoms in total. The fourth-order valence-corrected chi connectivity index (χ4v) is 5.43. The van der Waals surface area contributed by atoms with E-state index in [1.807, 2.05) is 0 Å². The van der Waals surface area contributed by atoms with Crippen LogP contribution in [0, 0.1) is 0 Å². The third-order valence-electron chi connectivity index (χ3n) is 6.67. The zero-order chi connectivity index (χ0) is 20.4. The number of rotatable bonds is 6. The van der Waals surface area contributed by atoms with E-state index in [0.717, 1.165) is 63.9 Å². The third kappa shape index (κ3) is 5.13. The molecule has 3 aliphatic heterocycles. The van der Waals surface area contributed by atoms with Gasteiger partial charge >= 0.3 is 0 Å². The number of likely N-dealkylation sites (tertiary alicyclic amines) is 1. The fourth-order valence-electron chi connectivity index (χ4n) is 5.43. The lowest BCUT2D eigenvalue weighted by molar-refractivity contribution is -0.138. The molecule has 5 heteroatoms. The Kier molecular flexibility index (Phi) is 6.45. The van der Waals surface area contributed by atoms with E-state index in [1.54, 1.807) is 6.92 Å². The molecule has 2 bridgehead atoms. The van der Waals surface area contributed by atoms with Crippen molar-refractivity contribution in [2.75, 3.05) is 13.1 Å². The minimum Gasteiger partial charge on any atom is -0.491 e. The number of carbonyl (C=O) groups excluding carboxylic acids is 1. The molecule has 3 atom stereocenters. The molecule has 1 aromatic rings. The highest BCUT2D eigenvalue weighted by Gasteiger charge is 2.43.